The van der Waals surface area contributed by atoms with Crippen LogP contribution < -0.4 is 9.64 Å². The third-order valence-electron chi connectivity index (χ3n) is 6.00. The van der Waals surface area contributed by atoms with Crippen molar-refractivity contribution in [2.24, 2.45) is 0 Å². The molecule has 1 unspecified atom stereocenters. The van der Waals surface area contributed by atoms with Gasteiger partial charge in [0.25, 0.3) is 5.78 Å². The zero-order valence-electron chi connectivity index (χ0n) is 20.7. The molecule has 35 heavy (non-hydrogen) atoms. The molecule has 1 amide bonds. The van der Waals surface area contributed by atoms with Crippen LogP contribution in [0.15, 0.2) is 64.7 Å². The van der Waals surface area contributed by atoms with Crippen molar-refractivity contribution in [3.63, 3.8) is 0 Å². The van der Waals surface area contributed by atoms with Crippen LogP contribution in [0.4, 0.5) is 5.82 Å². The zero-order chi connectivity index (χ0) is 25.3. The van der Waals surface area contributed by atoms with E-state index in [1.807, 2.05) is 31.2 Å². The molecule has 4 rings (SSSR count). The molecule has 7 heteroatoms. The summed E-state index contributed by atoms with van der Waals surface area (Å²) in [7, 11) is 0. The highest BCUT2D eigenvalue weighted by atomic mass is 16.5. The number of ether oxygens (including phenoxy) is 1. The molecule has 7 nitrogen and oxygen atoms in total. The summed E-state index contributed by atoms with van der Waals surface area (Å²) in [4.78, 5) is 27.7. The molecule has 0 saturated carbocycles. The van der Waals surface area contributed by atoms with E-state index in [1.54, 1.807) is 37.3 Å². The number of rotatable bonds is 6. The van der Waals surface area contributed by atoms with Crippen LogP contribution in [0, 0.1) is 6.92 Å². The van der Waals surface area contributed by atoms with Crippen LogP contribution in [0.5, 0.6) is 5.75 Å². The Bertz CT molecular complexity index is 1260. The molecule has 1 saturated heterocycles. The van der Waals surface area contributed by atoms with Gasteiger partial charge in [0.15, 0.2) is 5.82 Å². The lowest BCUT2D eigenvalue weighted by Gasteiger charge is -2.24. The molecule has 182 valence electrons. The Labute approximate surface area is 205 Å². The minimum atomic E-state index is -0.857. The van der Waals surface area contributed by atoms with E-state index in [-0.39, 0.29) is 22.6 Å². The molecule has 1 aliphatic rings. The van der Waals surface area contributed by atoms with Gasteiger partial charge in [-0.15, -0.1) is 0 Å². The lowest BCUT2D eigenvalue weighted by atomic mass is 9.85. The van der Waals surface area contributed by atoms with E-state index in [1.165, 1.54) is 4.90 Å². The smallest absolute Gasteiger partial charge is 0.301 e. The molecule has 0 radical (unpaired) electrons. The first-order valence-electron chi connectivity index (χ1n) is 11.7. The molecule has 1 fully saturated rings. The van der Waals surface area contributed by atoms with Crippen LogP contribution in [0.25, 0.3) is 5.76 Å². The standard InChI is InChI=1S/C28H30N2O5/c1-6-15-34-21-13-9-19(10-14-21)25(31)23-24(18-7-11-20(12-8-18)28(3,4)5)30(27(33)26(23)32)22-16-17(2)35-29-22/h7-14,16,24,31H,6,15H2,1-5H3/b25-23+. The largest absolute Gasteiger partial charge is 0.507 e. The van der Waals surface area contributed by atoms with Gasteiger partial charge in [0.05, 0.1) is 18.2 Å². The Balaban J connectivity index is 1.83. The summed E-state index contributed by atoms with van der Waals surface area (Å²) >= 11 is 0. The number of carbonyl (C=O) groups excluding carboxylic acids is 2. The van der Waals surface area contributed by atoms with Crippen LogP contribution in [0.3, 0.4) is 0 Å². The molecule has 1 N–H and O–H groups in total. The number of hydrogen-bond donors (Lipinski definition) is 1. The summed E-state index contributed by atoms with van der Waals surface area (Å²) in [5.41, 5.74) is 2.15. The summed E-state index contributed by atoms with van der Waals surface area (Å²) < 4.78 is 10.8. The topological polar surface area (TPSA) is 92.9 Å². The van der Waals surface area contributed by atoms with Gasteiger partial charge < -0.3 is 14.4 Å². The fourth-order valence-electron chi connectivity index (χ4n) is 4.10. The number of nitrogens with zero attached hydrogens (tertiary/aromatic N) is 2. The number of aromatic nitrogens is 1. The van der Waals surface area contributed by atoms with Gasteiger partial charge in [-0.2, -0.15) is 0 Å². The predicted octanol–water partition coefficient (Wildman–Crippen LogP) is 5.70. The molecule has 1 aliphatic heterocycles. The first kappa shape index (κ1) is 24.3. The van der Waals surface area contributed by atoms with Crippen LogP contribution in [0.1, 0.15) is 62.6 Å². The number of aryl methyl sites for hydroxylation is 1. The van der Waals surface area contributed by atoms with Gasteiger partial charge >= 0.3 is 5.91 Å². The van der Waals surface area contributed by atoms with E-state index >= 15 is 0 Å². The number of hydrogen-bond acceptors (Lipinski definition) is 6. The van der Waals surface area contributed by atoms with Crippen molar-refractivity contribution in [2.75, 3.05) is 11.5 Å². The Morgan fingerprint density at radius 3 is 2.29 bits per heavy atom. The van der Waals surface area contributed by atoms with Crippen molar-refractivity contribution in [3.05, 3.63) is 82.6 Å². The number of carbonyl (C=O) groups is 2. The average Bonchev–Trinajstić information content (AvgIpc) is 3.37. The van der Waals surface area contributed by atoms with Crippen LogP contribution in [-0.4, -0.2) is 28.6 Å². The number of aliphatic hydroxyl groups excluding tert-OH is 1. The summed E-state index contributed by atoms with van der Waals surface area (Å²) in [6.45, 7) is 10.6. The lowest BCUT2D eigenvalue weighted by molar-refractivity contribution is -0.132. The first-order valence-corrected chi connectivity index (χ1v) is 11.7. The Kier molecular flexibility index (Phi) is 6.52. The van der Waals surface area contributed by atoms with Crippen molar-refractivity contribution in [3.8, 4) is 5.75 Å². The van der Waals surface area contributed by atoms with E-state index < -0.39 is 17.7 Å². The SMILES string of the molecule is CCCOc1ccc(/C(O)=C2\C(=O)C(=O)N(c3cc(C)on3)C2c2ccc(C(C)(C)C)cc2)cc1. The van der Waals surface area contributed by atoms with E-state index in [0.717, 1.165) is 12.0 Å². The fraction of sp³-hybridized carbons (Fsp3) is 0.321. The monoisotopic (exact) mass is 474 g/mol. The van der Waals surface area contributed by atoms with Gasteiger partial charge in [0, 0.05) is 11.6 Å². The van der Waals surface area contributed by atoms with Gasteiger partial charge in [-0.05, 0) is 54.2 Å². The van der Waals surface area contributed by atoms with Gasteiger partial charge in [-0.3, -0.25) is 14.5 Å². The number of aliphatic hydroxyl groups is 1. The van der Waals surface area contributed by atoms with Crippen LogP contribution >= 0.6 is 0 Å². The van der Waals surface area contributed by atoms with Gasteiger partial charge in [-0.25, -0.2) is 0 Å². The fourth-order valence-corrected chi connectivity index (χ4v) is 4.10. The van der Waals surface area contributed by atoms with Crippen LogP contribution in [0.2, 0.25) is 0 Å². The van der Waals surface area contributed by atoms with Gasteiger partial charge in [0.1, 0.15) is 17.3 Å². The van der Waals surface area contributed by atoms with E-state index in [4.69, 9.17) is 9.26 Å². The third-order valence-corrected chi connectivity index (χ3v) is 6.00. The maximum absolute atomic E-state index is 13.2. The molecular formula is C28H30N2O5. The van der Waals surface area contributed by atoms with Crippen LogP contribution in [-0.2, 0) is 15.0 Å². The van der Waals surface area contributed by atoms with E-state index in [9.17, 15) is 14.7 Å². The minimum Gasteiger partial charge on any atom is -0.507 e. The third kappa shape index (κ3) is 4.71. The van der Waals surface area contributed by atoms with Gasteiger partial charge in [-0.1, -0.05) is 57.1 Å². The molecule has 2 aromatic carbocycles. The summed E-state index contributed by atoms with van der Waals surface area (Å²) in [6.07, 6.45) is 0.876. The molecule has 3 aromatic rings. The quantitative estimate of drug-likeness (QED) is 0.280. The van der Waals surface area contributed by atoms with Crippen molar-refractivity contribution in [1.29, 1.82) is 0 Å². The normalized spacial score (nSPS) is 17.7. The average molecular weight is 475 g/mol. The Morgan fingerprint density at radius 1 is 1.09 bits per heavy atom. The second-order valence-electron chi connectivity index (χ2n) is 9.71. The first-order chi connectivity index (χ1) is 16.6. The Morgan fingerprint density at radius 2 is 1.74 bits per heavy atom. The summed E-state index contributed by atoms with van der Waals surface area (Å²) in [5.74, 6) is -0.412. The van der Waals surface area contributed by atoms with E-state index in [0.29, 0.717) is 29.2 Å². The highest BCUT2D eigenvalue weighted by Crippen LogP contribution is 2.42. The highest BCUT2D eigenvalue weighted by Gasteiger charge is 2.48. The zero-order valence-corrected chi connectivity index (χ0v) is 20.7. The maximum Gasteiger partial charge on any atom is 0.301 e. The van der Waals surface area contributed by atoms with Crippen molar-refractivity contribution in [1.82, 2.24) is 5.16 Å². The molecule has 2 heterocycles. The van der Waals surface area contributed by atoms with Crippen molar-refractivity contribution >= 4 is 23.3 Å². The minimum absolute atomic E-state index is 0.00129. The lowest BCUT2D eigenvalue weighted by Crippen LogP contribution is -2.29. The molecule has 0 bridgehead atoms. The number of benzene rings is 2. The number of Topliss-reactive ketones (excluding diaryl/α,β-unsaturated/α-hetero) is 1. The number of amides is 1. The molecule has 0 spiro atoms. The van der Waals surface area contributed by atoms with Crippen molar-refractivity contribution in [2.45, 2.75) is 52.5 Å². The molecule has 1 atom stereocenters. The summed E-state index contributed by atoms with van der Waals surface area (Å²) in [6, 6.07) is 15.3. The Hall–Kier alpha value is -3.87. The second-order valence-corrected chi connectivity index (χ2v) is 9.71. The molecular weight excluding hydrogens is 444 g/mol. The number of ketones is 1. The predicted molar refractivity (Wildman–Crippen MR) is 133 cm³/mol. The maximum atomic E-state index is 13.2. The van der Waals surface area contributed by atoms with Gasteiger partial charge in [0.2, 0.25) is 0 Å². The molecule has 1 aromatic heterocycles. The summed E-state index contributed by atoms with van der Waals surface area (Å²) in [5, 5.41) is 15.2. The second kappa shape index (κ2) is 9.41. The van der Waals surface area contributed by atoms with Crippen molar-refractivity contribution < 1.29 is 24.0 Å². The van der Waals surface area contributed by atoms with E-state index in [2.05, 4.69) is 25.9 Å². The molecule has 0 aliphatic carbocycles. The highest BCUT2D eigenvalue weighted by molar-refractivity contribution is 6.51. The number of anilines is 1.